The topological polar surface area (TPSA) is 43.6 Å². The van der Waals surface area contributed by atoms with Crippen molar-refractivity contribution in [3.8, 4) is 5.13 Å². The van der Waals surface area contributed by atoms with Crippen molar-refractivity contribution in [3.05, 3.63) is 20.9 Å². The molecule has 2 heterocycles. The van der Waals surface area contributed by atoms with Crippen LogP contribution in [-0.4, -0.2) is 20.0 Å². The summed E-state index contributed by atoms with van der Waals surface area (Å²) in [6.45, 7) is 6.23. The third kappa shape index (κ3) is 1.83. The van der Waals surface area contributed by atoms with E-state index in [1.807, 2.05) is 11.6 Å². The maximum atomic E-state index is 4.47. The van der Waals surface area contributed by atoms with Crippen LogP contribution in [0.5, 0.6) is 0 Å². The number of aromatic nitrogens is 4. The van der Waals surface area contributed by atoms with Crippen molar-refractivity contribution in [2.24, 2.45) is 0 Å². The number of hydrogen-bond acceptors (Lipinski definition) is 4. The van der Waals surface area contributed by atoms with Gasteiger partial charge in [0.2, 0.25) is 5.13 Å². The highest BCUT2D eigenvalue weighted by Crippen LogP contribution is 2.23. The van der Waals surface area contributed by atoms with E-state index in [1.54, 1.807) is 0 Å². The van der Waals surface area contributed by atoms with Crippen LogP contribution in [0.15, 0.2) is 3.92 Å². The summed E-state index contributed by atoms with van der Waals surface area (Å²) in [4.78, 5) is 0. The first kappa shape index (κ1) is 10.8. The molecule has 2 aromatic rings. The summed E-state index contributed by atoms with van der Waals surface area (Å²) in [6, 6.07) is 0. The fraction of sp³-hybridized carbons (Fsp3) is 0.444. The molecule has 0 bridgehead atoms. The molecule has 4 nitrogen and oxygen atoms in total. The number of halogens is 1. The third-order valence-corrected chi connectivity index (χ3v) is 3.70. The first-order valence-corrected chi connectivity index (χ1v) is 6.29. The summed E-state index contributed by atoms with van der Waals surface area (Å²) in [5, 5.41) is 13.3. The highest BCUT2D eigenvalue weighted by Gasteiger charge is 2.13. The van der Waals surface area contributed by atoms with Gasteiger partial charge in [-0.25, -0.2) is 4.68 Å². The van der Waals surface area contributed by atoms with E-state index in [2.05, 4.69) is 45.1 Å². The molecule has 0 aliphatic rings. The van der Waals surface area contributed by atoms with Crippen LogP contribution in [0.3, 0.4) is 0 Å². The lowest BCUT2D eigenvalue weighted by molar-refractivity contribution is 0.806. The Morgan fingerprint density at radius 3 is 2.53 bits per heavy atom. The summed E-state index contributed by atoms with van der Waals surface area (Å²) in [6.07, 6.45) is 0.998. The lowest BCUT2D eigenvalue weighted by atomic mass is 10.1. The van der Waals surface area contributed by atoms with Crippen LogP contribution in [0.4, 0.5) is 0 Å². The second kappa shape index (κ2) is 4.02. The second-order valence-electron chi connectivity index (χ2n) is 3.25. The van der Waals surface area contributed by atoms with Crippen LogP contribution in [0.2, 0.25) is 0 Å². The molecule has 0 aliphatic heterocycles. The highest BCUT2D eigenvalue weighted by molar-refractivity contribution is 9.11. The van der Waals surface area contributed by atoms with E-state index in [0.717, 1.165) is 26.9 Å². The van der Waals surface area contributed by atoms with Gasteiger partial charge in [-0.05, 0) is 41.8 Å². The molecule has 2 aromatic heterocycles. The minimum atomic E-state index is 0.781. The number of nitrogens with zero attached hydrogens (tertiary/aromatic N) is 4. The zero-order valence-corrected chi connectivity index (χ0v) is 11.2. The van der Waals surface area contributed by atoms with Gasteiger partial charge in [-0.2, -0.15) is 5.10 Å². The molecule has 6 heteroatoms. The molecular formula is C9H11BrN4S. The van der Waals surface area contributed by atoms with Crippen molar-refractivity contribution in [1.29, 1.82) is 0 Å². The van der Waals surface area contributed by atoms with Gasteiger partial charge in [-0.3, -0.25) is 0 Å². The summed E-state index contributed by atoms with van der Waals surface area (Å²) >= 11 is 4.78. The Balaban J connectivity index is 2.54. The Morgan fingerprint density at radius 1 is 1.33 bits per heavy atom. The maximum absolute atomic E-state index is 4.47. The van der Waals surface area contributed by atoms with Crippen LogP contribution in [0.1, 0.15) is 23.9 Å². The second-order valence-corrected chi connectivity index (χ2v) is 5.48. The van der Waals surface area contributed by atoms with E-state index in [-0.39, 0.29) is 0 Å². The number of aryl methyl sites for hydroxylation is 1. The molecular weight excluding hydrogens is 276 g/mol. The van der Waals surface area contributed by atoms with E-state index < -0.39 is 0 Å². The number of rotatable bonds is 2. The van der Waals surface area contributed by atoms with E-state index in [4.69, 9.17) is 0 Å². The van der Waals surface area contributed by atoms with Gasteiger partial charge in [0, 0.05) is 5.69 Å². The van der Waals surface area contributed by atoms with Crippen LogP contribution < -0.4 is 0 Å². The van der Waals surface area contributed by atoms with Crippen molar-refractivity contribution in [2.75, 3.05) is 0 Å². The lowest BCUT2D eigenvalue weighted by Crippen LogP contribution is -1.98. The first-order chi connectivity index (χ1) is 7.13. The van der Waals surface area contributed by atoms with Gasteiger partial charge in [-0.1, -0.05) is 18.3 Å². The molecule has 0 saturated heterocycles. The molecule has 80 valence electrons. The Labute approximate surface area is 100 Å². The molecule has 0 atom stereocenters. The molecule has 0 radical (unpaired) electrons. The molecule has 0 spiro atoms. The minimum absolute atomic E-state index is 0.781. The molecule has 2 rings (SSSR count). The van der Waals surface area contributed by atoms with Crippen LogP contribution in [0.25, 0.3) is 5.13 Å². The van der Waals surface area contributed by atoms with Gasteiger partial charge in [0.05, 0.1) is 5.69 Å². The predicted molar refractivity (Wildman–Crippen MR) is 63.6 cm³/mol. The van der Waals surface area contributed by atoms with E-state index in [0.29, 0.717) is 0 Å². The van der Waals surface area contributed by atoms with E-state index >= 15 is 0 Å². The Hall–Kier alpha value is -0.750. The smallest absolute Gasteiger partial charge is 0.209 e. The van der Waals surface area contributed by atoms with Crippen molar-refractivity contribution < 1.29 is 0 Å². The van der Waals surface area contributed by atoms with Gasteiger partial charge >= 0.3 is 0 Å². The van der Waals surface area contributed by atoms with Gasteiger partial charge in [0.1, 0.15) is 0 Å². The summed E-state index contributed by atoms with van der Waals surface area (Å²) in [7, 11) is 0. The molecule has 0 N–H and O–H groups in total. The van der Waals surface area contributed by atoms with E-state index in [9.17, 15) is 0 Å². The van der Waals surface area contributed by atoms with Crippen molar-refractivity contribution >= 4 is 27.3 Å². The maximum Gasteiger partial charge on any atom is 0.233 e. The zero-order valence-electron chi connectivity index (χ0n) is 8.78. The van der Waals surface area contributed by atoms with Crippen LogP contribution in [0, 0.1) is 13.8 Å². The Bertz CT molecular complexity index is 488. The fourth-order valence-electron chi connectivity index (χ4n) is 1.66. The summed E-state index contributed by atoms with van der Waals surface area (Å²) < 4.78 is 2.64. The SMILES string of the molecule is CCc1c(C)nn(-c2nnc(Br)s2)c1C. The largest absolute Gasteiger partial charge is 0.233 e. The van der Waals surface area contributed by atoms with Gasteiger partial charge in [0.15, 0.2) is 3.92 Å². The molecule has 0 unspecified atom stereocenters. The van der Waals surface area contributed by atoms with Crippen LogP contribution >= 0.6 is 27.3 Å². The summed E-state index contributed by atoms with van der Waals surface area (Å²) in [5.41, 5.74) is 3.52. The quantitative estimate of drug-likeness (QED) is 0.853. The molecule has 0 aliphatic carbocycles. The molecule has 0 fully saturated rings. The first-order valence-electron chi connectivity index (χ1n) is 4.68. The van der Waals surface area contributed by atoms with Gasteiger partial charge < -0.3 is 0 Å². The Morgan fingerprint density at radius 2 is 2.07 bits per heavy atom. The van der Waals surface area contributed by atoms with Gasteiger partial charge in [-0.15, -0.1) is 10.2 Å². The van der Waals surface area contributed by atoms with Crippen LogP contribution in [-0.2, 0) is 6.42 Å². The van der Waals surface area contributed by atoms with Crippen molar-refractivity contribution in [3.63, 3.8) is 0 Å². The standard InChI is InChI=1S/C9H11BrN4S/c1-4-7-5(2)13-14(6(7)3)9-12-11-8(10)15-9/h4H2,1-3H3. The van der Waals surface area contributed by atoms with E-state index in [1.165, 1.54) is 16.9 Å². The molecule has 0 aromatic carbocycles. The normalized spacial score (nSPS) is 10.9. The minimum Gasteiger partial charge on any atom is -0.209 e. The fourth-order valence-corrected chi connectivity index (χ4v) is 2.75. The van der Waals surface area contributed by atoms with Gasteiger partial charge in [0.25, 0.3) is 0 Å². The van der Waals surface area contributed by atoms with Crippen molar-refractivity contribution in [1.82, 2.24) is 20.0 Å². The Kier molecular flexibility index (Phi) is 2.88. The monoisotopic (exact) mass is 286 g/mol. The average Bonchev–Trinajstić information content (AvgIpc) is 2.71. The molecule has 0 saturated carbocycles. The third-order valence-electron chi connectivity index (χ3n) is 2.37. The zero-order chi connectivity index (χ0) is 11.0. The molecule has 15 heavy (non-hydrogen) atoms. The average molecular weight is 287 g/mol. The predicted octanol–water partition coefficient (Wildman–Crippen LogP) is 2.67. The summed E-state index contributed by atoms with van der Waals surface area (Å²) in [5.74, 6) is 0. The lowest BCUT2D eigenvalue weighted by Gasteiger charge is -1.98. The number of hydrogen-bond donors (Lipinski definition) is 0. The highest BCUT2D eigenvalue weighted by atomic mass is 79.9. The van der Waals surface area contributed by atoms with Crippen molar-refractivity contribution in [2.45, 2.75) is 27.2 Å². The molecule has 0 amide bonds.